The summed E-state index contributed by atoms with van der Waals surface area (Å²) in [5.74, 6) is 0.786. The van der Waals surface area contributed by atoms with Crippen LogP contribution in [0.3, 0.4) is 0 Å². The van der Waals surface area contributed by atoms with Crippen LogP contribution in [0.25, 0.3) is 0 Å². The minimum Gasteiger partial charge on any atom is -0.496 e. The van der Waals surface area contributed by atoms with Crippen molar-refractivity contribution in [3.63, 3.8) is 0 Å². The normalized spacial score (nSPS) is 10.4. The van der Waals surface area contributed by atoms with Crippen LogP contribution in [0.15, 0.2) is 24.5 Å². The maximum absolute atomic E-state index is 12.5. The molecule has 0 aliphatic rings. The van der Waals surface area contributed by atoms with E-state index in [1.807, 2.05) is 13.8 Å². The Bertz CT molecular complexity index is 734. The minimum atomic E-state index is -0.277. The summed E-state index contributed by atoms with van der Waals surface area (Å²) >= 11 is 0. The van der Waals surface area contributed by atoms with Crippen molar-refractivity contribution in [2.75, 3.05) is 27.4 Å². The molecule has 1 amide bonds. The van der Waals surface area contributed by atoms with E-state index < -0.39 is 0 Å². The summed E-state index contributed by atoms with van der Waals surface area (Å²) in [6.45, 7) is 4.88. The molecule has 134 valence electrons. The topological polar surface area (TPSA) is 82.6 Å². The molecule has 2 rings (SSSR count). The maximum Gasteiger partial charge on any atom is 0.257 e. The zero-order valence-corrected chi connectivity index (χ0v) is 15.0. The molecule has 0 radical (unpaired) electrons. The number of methoxy groups -OCH3 is 2. The van der Waals surface area contributed by atoms with Crippen LogP contribution in [0, 0.1) is 13.8 Å². The Balaban J connectivity index is 2.08. The van der Waals surface area contributed by atoms with Crippen LogP contribution in [0.5, 0.6) is 11.6 Å². The molecule has 2 heterocycles. The van der Waals surface area contributed by atoms with E-state index >= 15 is 0 Å². The molecule has 0 aliphatic heterocycles. The average Bonchev–Trinajstić information content (AvgIpc) is 2.62. The molecule has 7 heteroatoms. The molecule has 1 N–H and O–H groups in total. The molecule has 25 heavy (non-hydrogen) atoms. The fourth-order valence-corrected chi connectivity index (χ4v) is 2.41. The Morgan fingerprint density at radius 1 is 1.20 bits per heavy atom. The van der Waals surface area contributed by atoms with Crippen LogP contribution in [0.4, 0.5) is 0 Å². The standard InChI is InChI=1S/C18H23N3O4/c1-12-10-20-15(13(2)16(12)24-4)11-21-17(22)14-6-5-7-19-18(14)25-9-8-23-3/h5-7,10H,8-9,11H2,1-4H3,(H,21,22). The number of rotatable bonds is 8. The highest BCUT2D eigenvalue weighted by Crippen LogP contribution is 2.24. The van der Waals surface area contributed by atoms with Gasteiger partial charge in [0.05, 0.1) is 26.0 Å². The van der Waals surface area contributed by atoms with Crippen molar-refractivity contribution >= 4 is 5.91 Å². The third-order valence-corrected chi connectivity index (χ3v) is 3.71. The SMILES string of the molecule is COCCOc1ncccc1C(=O)NCc1ncc(C)c(OC)c1C. The van der Waals surface area contributed by atoms with Gasteiger partial charge < -0.3 is 19.5 Å². The van der Waals surface area contributed by atoms with E-state index in [1.54, 1.807) is 38.7 Å². The fraction of sp³-hybridized carbons (Fsp3) is 0.389. The number of carbonyl (C=O) groups excluding carboxylic acids is 1. The second-order valence-corrected chi connectivity index (χ2v) is 5.43. The predicted octanol–water partition coefficient (Wildman–Crippen LogP) is 2.06. The number of aryl methyl sites for hydroxylation is 1. The molecular weight excluding hydrogens is 322 g/mol. The van der Waals surface area contributed by atoms with E-state index in [4.69, 9.17) is 14.2 Å². The quantitative estimate of drug-likeness (QED) is 0.738. The molecule has 2 aromatic rings. The Morgan fingerprint density at radius 3 is 2.72 bits per heavy atom. The highest BCUT2D eigenvalue weighted by atomic mass is 16.5. The van der Waals surface area contributed by atoms with Gasteiger partial charge in [0.2, 0.25) is 5.88 Å². The van der Waals surface area contributed by atoms with Gasteiger partial charge in [-0.05, 0) is 26.0 Å². The molecule has 2 aromatic heterocycles. The summed E-state index contributed by atoms with van der Waals surface area (Å²) in [6.07, 6.45) is 3.31. The number of amides is 1. The largest absolute Gasteiger partial charge is 0.496 e. The van der Waals surface area contributed by atoms with Gasteiger partial charge in [-0.25, -0.2) is 4.98 Å². The summed E-state index contributed by atoms with van der Waals surface area (Å²) in [5, 5.41) is 2.85. The van der Waals surface area contributed by atoms with Crippen LogP contribution >= 0.6 is 0 Å². The van der Waals surface area contributed by atoms with E-state index in [-0.39, 0.29) is 18.3 Å². The first-order chi connectivity index (χ1) is 12.1. The van der Waals surface area contributed by atoms with Crippen molar-refractivity contribution in [2.24, 2.45) is 0 Å². The second kappa shape index (κ2) is 8.98. The average molecular weight is 345 g/mol. The summed E-state index contributed by atoms with van der Waals surface area (Å²) in [5.41, 5.74) is 2.98. The van der Waals surface area contributed by atoms with Gasteiger partial charge in [-0.1, -0.05) is 0 Å². The van der Waals surface area contributed by atoms with Crippen molar-refractivity contribution in [3.8, 4) is 11.6 Å². The molecule has 0 aromatic carbocycles. The molecule has 0 saturated carbocycles. The zero-order valence-electron chi connectivity index (χ0n) is 15.0. The Kier molecular flexibility index (Phi) is 6.71. The number of hydrogen-bond acceptors (Lipinski definition) is 6. The van der Waals surface area contributed by atoms with Gasteiger partial charge in [-0.3, -0.25) is 9.78 Å². The fourth-order valence-electron chi connectivity index (χ4n) is 2.41. The van der Waals surface area contributed by atoms with Gasteiger partial charge in [0.15, 0.2) is 0 Å². The lowest BCUT2D eigenvalue weighted by Gasteiger charge is -2.13. The lowest BCUT2D eigenvalue weighted by atomic mass is 10.1. The van der Waals surface area contributed by atoms with E-state index in [1.165, 1.54) is 0 Å². The third kappa shape index (κ3) is 4.67. The molecule has 0 saturated heterocycles. The minimum absolute atomic E-state index is 0.277. The molecule has 0 spiro atoms. The Labute approximate surface area is 147 Å². The van der Waals surface area contributed by atoms with Crippen LogP contribution in [0.2, 0.25) is 0 Å². The Hall–Kier alpha value is -2.67. The van der Waals surface area contributed by atoms with Crippen molar-refractivity contribution in [1.29, 1.82) is 0 Å². The zero-order chi connectivity index (χ0) is 18.2. The smallest absolute Gasteiger partial charge is 0.257 e. The molecule has 0 fully saturated rings. The number of hydrogen-bond donors (Lipinski definition) is 1. The first kappa shape index (κ1) is 18.7. The van der Waals surface area contributed by atoms with Crippen LogP contribution in [-0.4, -0.2) is 43.3 Å². The van der Waals surface area contributed by atoms with E-state index in [2.05, 4.69) is 15.3 Å². The number of aromatic nitrogens is 2. The van der Waals surface area contributed by atoms with E-state index in [0.717, 1.165) is 22.6 Å². The number of carbonyl (C=O) groups is 1. The molecule has 7 nitrogen and oxygen atoms in total. The first-order valence-electron chi connectivity index (χ1n) is 7.92. The summed E-state index contributed by atoms with van der Waals surface area (Å²) in [4.78, 5) is 21.0. The number of pyridine rings is 2. The van der Waals surface area contributed by atoms with Crippen LogP contribution in [-0.2, 0) is 11.3 Å². The van der Waals surface area contributed by atoms with Crippen molar-refractivity contribution < 1.29 is 19.0 Å². The lowest BCUT2D eigenvalue weighted by Crippen LogP contribution is -2.25. The summed E-state index contributed by atoms with van der Waals surface area (Å²) in [6, 6.07) is 3.36. The summed E-state index contributed by atoms with van der Waals surface area (Å²) < 4.78 is 15.8. The van der Waals surface area contributed by atoms with Gasteiger partial charge in [0, 0.05) is 30.6 Å². The molecule has 0 unspecified atom stereocenters. The second-order valence-electron chi connectivity index (χ2n) is 5.43. The van der Waals surface area contributed by atoms with Crippen molar-refractivity contribution in [1.82, 2.24) is 15.3 Å². The van der Waals surface area contributed by atoms with Gasteiger partial charge in [0.25, 0.3) is 5.91 Å². The van der Waals surface area contributed by atoms with Gasteiger partial charge in [0.1, 0.15) is 17.9 Å². The highest BCUT2D eigenvalue weighted by molar-refractivity contribution is 5.96. The summed E-state index contributed by atoms with van der Waals surface area (Å²) in [7, 11) is 3.21. The van der Waals surface area contributed by atoms with Gasteiger partial charge in [-0.2, -0.15) is 0 Å². The van der Waals surface area contributed by atoms with Gasteiger partial charge in [-0.15, -0.1) is 0 Å². The van der Waals surface area contributed by atoms with E-state index in [9.17, 15) is 4.79 Å². The van der Waals surface area contributed by atoms with Crippen molar-refractivity contribution in [2.45, 2.75) is 20.4 Å². The number of nitrogens with one attached hydrogen (secondary N) is 1. The van der Waals surface area contributed by atoms with E-state index in [0.29, 0.717) is 18.8 Å². The molecule has 0 atom stereocenters. The predicted molar refractivity (Wildman–Crippen MR) is 93.0 cm³/mol. The van der Waals surface area contributed by atoms with Crippen molar-refractivity contribution in [3.05, 3.63) is 46.9 Å². The molecule has 0 bridgehead atoms. The highest BCUT2D eigenvalue weighted by Gasteiger charge is 2.15. The molecular formula is C18H23N3O4. The van der Waals surface area contributed by atoms with Gasteiger partial charge >= 0.3 is 0 Å². The number of ether oxygens (including phenoxy) is 3. The first-order valence-corrected chi connectivity index (χ1v) is 7.92. The maximum atomic E-state index is 12.5. The van der Waals surface area contributed by atoms with Crippen LogP contribution in [0.1, 0.15) is 27.2 Å². The number of nitrogens with zero attached hydrogens (tertiary/aromatic N) is 2. The molecule has 0 aliphatic carbocycles. The lowest BCUT2D eigenvalue weighted by molar-refractivity contribution is 0.0941. The monoisotopic (exact) mass is 345 g/mol. The Morgan fingerprint density at radius 2 is 2.00 bits per heavy atom. The third-order valence-electron chi connectivity index (χ3n) is 3.71. The van der Waals surface area contributed by atoms with Crippen LogP contribution < -0.4 is 14.8 Å².